The van der Waals surface area contributed by atoms with Crippen LogP contribution in [0.4, 0.5) is 11.4 Å². The number of carbonyl (C=O) groups excluding carboxylic acids is 1. The summed E-state index contributed by atoms with van der Waals surface area (Å²) in [6, 6.07) is 7.33. The monoisotopic (exact) mass is 265 g/mol. The number of likely N-dealkylation sites (N-methyl/N-ethyl adjacent to an activating group) is 1. The third-order valence-electron chi connectivity index (χ3n) is 2.98. The van der Waals surface area contributed by atoms with Crippen LogP contribution in [0.15, 0.2) is 24.3 Å². The van der Waals surface area contributed by atoms with Gasteiger partial charge in [0, 0.05) is 24.5 Å². The van der Waals surface area contributed by atoms with Crippen molar-refractivity contribution in [2.24, 2.45) is 0 Å². The van der Waals surface area contributed by atoms with Crippen LogP contribution in [0.2, 0.25) is 0 Å². The first kappa shape index (κ1) is 15.5. The molecule has 0 aliphatic carbocycles. The summed E-state index contributed by atoms with van der Waals surface area (Å²) < 4.78 is 5.11. The number of ether oxygens (including phenoxy) is 1. The highest BCUT2D eigenvalue weighted by Crippen LogP contribution is 2.10. The summed E-state index contributed by atoms with van der Waals surface area (Å²) in [6.07, 6.45) is 0. The molecule has 0 fully saturated rings. The first-order valence-electron chi connectivity index (χ1n) is 6.45. The largest absolute Gasteiger partial charge is 0.399 e. The molecule has 0 spiro atoms. The standard InChI is InChI=1S/C14H23N3O2/c1-4-17(11(2)10-19-3)9-14(18)16-13-7-5-12(15)6-8-13/h5-8,11H,4,9-10,15H2,1-3H3,(H,16,18). The van der Waals surface area contributed by atoms with E-state index in [-0.39, 0.29) is 11.9 Å². The van der Waals surface area contributed by atoms with E-state index >= 15 is 0 Å². The zero-order valence-corrected chi connectivity index (χ0v) is 11.8. The molecular weight excluding hydrogens is 242 g/mol. The van der Waals surface area contributed by atoms with E-state index in [9.17, 15) is 4.79 Å². The van der Waals surface area contributed by atoms with Gasteiger partial charge in [0.1, 0.15) is 0 Å². The van der Waals surface area contributed by atoms with Crippen LogP contribution in [0.3, 0.4) is 0 Å². The van der Waals surface area contributed by atoms with Crippen LogP contribution in [-0.2, 0) is 9.53 Å². The van der Waals surface area contributed by atoms with Gasteiger partial charge in [-0.05, 0) is 37.7 Å². The maximum absolute atomic E-state index is 12.0. The molecule has 0 aliphatic heterocycles. The van der Waals surface area contributed by atoms with Gasteiger partial charge >= 0.3 is 0 Å². The van der Waals surface area contributed by atoms with Gasteiger partial charge < -0.3 is 15.8 Å². The summed E-state index contributed by atoms with van der Waals surface area (Å²) >= 11 is 0. The molecule has 19 heavy (non-hydrogen) atoms. The Bertz CT molecular complexity index is 392. The van der Waals surface area contributed by atoms with E-state index in [1.165, 1.54) is 0 Å². The van der Waals surface area contributed by atoms with E-state index in [0.717, 1.165) is 12.2 Å². The molecule has 0 aromatic heterocycles. The van der Waals surface area contributed by atoms with Crippen LogP contribution >= 0.6 is 0 Å². The lowest BCUT2D eigenvalue weighted by molar-refractivity contribution is -0.118. The molecule has 0 aliphatic rings. The molecule has 0 saturated heterocycles. The van der Waals surface area contributed by atoms with Gasteiger partial charge in [0.15, 0.2) is 0 Å². The molecule has 0 heterocycles. The molecule has 1 aromatic rings. The molecule has 0 saturated carbocycles. The number of methoxy groups -OCH3 is 1. The number of anilines is 2. The Labute approximate surface area is 114 Å². The Balaban J connectivity index is 2.51. The van der Waals surface area contributed by atoms with E-state index in [0.29, 0.717) is 18.8 Å². The second-order valence-electron chi connectivity index (χ2n) is 4.54. The van der Waals surface area contributed by atoms with Gasteiger partial charge in [-0.15, -0.1) is 0 Å². The smallest absolute Gasteiger partial charge is 0.238 e. The van der Waals surface area contributed by atoms with Crippen molar-refractivity contribution in [1.29, 1.82) is 0 Å². The Kier molecular flexibility index (Phi) is 6.32. The third kappa shape index (κ3) is 5.28. The van der Waals surface area contributed by atoms with Crippen molar-refractivity contribution >= 4 is 17.3 Å². The molecule has 1 amide bonds. The van der Waals surface area contributed by atoms with Crippen LogP contribution in [0.5, 0.6) is 0 Å². The molecule has 5 heteroatoms. The number of nitrogen functional groups attached to an aromatic ring is 1. The molecule has 0 radical (unpaired) electrons. The second-order valence-corrected chi connectivity index (χ2v) is 4.54. The molecule has 3 N–H and O–H groups in total. The zero-order chi connectivity index (χ0) is 14.3. The zero-order valence-electron chi connectivity index (χ0n) is 11.8. The Morgan fingerprint density at radius 1 is 1.42 bits per heavy atom. The molecule has 0 bridgehead atoms. The number of rotatable bonds is 7. The van der Waals surface area contributed by atoms with Crippen molar-refractivity contribution in [3.8, 4) is 0 Å². The summed E-state index contributed by atoms with van der Waals surface area (Å²) in [4.78, 5) is 14.0. The average molecular weight is 265 g/mol. The van der Waals surface area contributed by atoms with Crippen LogP contribution < -0.4 is 11.1 Å². The van der Waals surface area contributed by atoms with Crippen molar-refractivity contribution in [2.45, 2.75) is 19.9 Å². The van der Waals surface area contributed by atoms with E-state index in [1.54, 1.807) is 31.4 Å². The van der Waals surface area contributed by atoms with Gasteiger partial charge in [0.05, 0.1) is 13.2 Å². The van der Waals surface area contributed by atoms with E-state index in [2.05, 4.69) is 10.2 Å². The van der Waals surface area contributed by atoms with Gasteiger partial charge in [-0.1, -0.05) is 6.92 Å². The SMILES string of the molecule is CCN(CC(=O)Nc1ccc(N)cc1)C(C)COC. The highest BCUT2D eigenvalue weighted by molar-refractivity contribution is 5.92. The lowest BCUT2D eigenvalue weighted by Gasteiger charge is -2.26. The summed E-state index contributed by atoms with van der Waals surface area (Å²) in [7, 11) is 1.67. The number of nitrogens with zero attached hydrogens (tertiary/aromatic N) is 1. The lowest BCUT2D eigenvalue weighted by Crippen LogP contribution is -2.41. The van der Waals surface area contributed by atoms with Crippen molar-refractivity contribution in [3.63, 3.8) is 0 Å². The van der Waals surface area contributed by atoms with E-state index in [4.69, 9.17) is 10.5 Å². The van der Waals surface area contributed by atoms with Crippen molar-refractivity contribution in [3.05, 3.63) is 24.3 Å². The average Bonchev–Trinajstić information content (AvgIpc) is 2.39. The molecule has 1 atom stereocenters. The quantitative estimate of drug-likeness (QED) is 0.734. The van der Waals surface area contributed by atoms with Gasteiger partial charge in [-0.25, -0.2) is 0 Å². The van der Waals surface area contributed by atoms with Crippen LogP contribution in [0.1, 0.15) is 13.8 Å². The summed E-state index contributed by atoms with van der Waals surface area (Å²) in [5.74, 6) is -0.0328. The second kappa shape index (κ2) is 7.76. The first-order chi connectivity index (χ1) is 9.06. The number of nitrogens with one attached hydrogen (secondary N) is 1. The van der Waals surface area contributed by atoms with Gasteiger partial charge in [0.2, 0.25) is 5.91 Å². The number of hydrogen-bond acceptors (Lipinski definition) is 4. The Morgan fingerprint density at radius 2 is 2.05 bits per heavy atom. The predicted molar refractivity (Wildman–Crippen MR) is 78.1 cm³/mol. The summed E-state index contributed by atoms with van der Waals surface area (Å²) in [6.45, 7) is 5.85. The normalized spacial score (nSPS) is 12.4. The number of amides is 1. The summed E-state index contributed by atoms with van der Waals surface area (Å²) in [5, 5.41) is 2.85. The number of carbonyl (C=O) groups is 1. The Morgan fingerprint density at radius 3 is 2.58 bits per heavy atom. The minimum Gasteiger partial charge on any atom is -0.399 e. The lowest BCUT2D eigenvalue weighted by atomic mass is 10.2. The van der Waals surface area contributed by atoms with Gasteiger partial charge in [0.25, 0.3) is 0 Å². The van der Waals surface area contributed by atoms with Gasteiger partial charge in [-0.2, -0.15) is 0 Å². The van der Waals surface area contributed by atoms with Crippen LogP contribution in [0.25, 0.3) is 0 Å². The maximum Gasteiger partial charge on any atom is 0.238 e. The number of nitrogens with two attached hydrogens (primary N) is 1. The molecule has 1 unspecified atom stereocenters. The highest BCUT2D eigenvalue weighted by atomic mass is 16.5. The summed E-state index contributed by atoms with van der Waals surface area (Å²) in [5.41, 5.74) is 7.04. The predicted octanol–water partition coefficient (Wildman–Crippen LogP) is 1.56. The molecule has 1 rings (SSSR count). The van der Waals surface area contributed by atoms with E-state index in [1.807, 2.05) is 13.8 Å². The topological polar surface area (TPSA) is 67.6 Å². The maximum atomic E-state index is 12.0. The van der Waals surface area contributed by atoms with Crippen molar-refractivity contribution in [1.82, 2.24) is 4.90 Å². The number of benzene rings is 1. The third-order valence-corrected chi connectivity index (χ3v) is 2.98. The molecule has 1 aromatic carbocycles. The minimum atomic E-state index is -0.0328. The van der Waals surface area contributed by atoms with Crippen LogP contribution in [-0.4, -0.2) is 43.7 Å². The van der Waals surface area contributed by atoms with Gasteiger partial charge in [-0.3, -0.25) is 9.69 Å². The van der Waals surface area contributed by atoms with E-state index < -0.39 is 0 Å². The molecule has 5 nitrogen and oxygen atoms in total. The Hall–Kier alpha value is -1.59. The van der Waals surface area contributed by atoms with Crippen molar-refractivity contribution < 1.29 is 9.53 Å². The fourth-order valence-corrected chi connectivity index (χ4v) is 1.88. The highest BCUT2D eigenvalue weighted by Gasteiger charge is 2.15. The first-order valence-corrected chi connectivity index (χ1v) is 6.45. The molecular formula is C14H23N3O2. The fourth-order valence-electron chi connectivity index (χ4n) is 1.88. The molecule has 106 valence electrons. The number of hydrogen-bond donors (Lipinski definition) is 2. The minimum absolute atomic E-state index is 0.0328. The fraction of sp³-hybridized carbons (Fsp3) is 0.500. The van der Waals surface area contributed by atoms with Crippen molar-refractivity contribution in [2.75, 3.05) is 37.9 Å². The van der Waals surface area contributed by atoms with Crippen LogP contribution in [0, 0.1) is 0 Å².